The fourth-order valence-corrected chi connectivity index (χ4v) is 1.59. The molecule has 0 heterocycles. The van der Waals surface area contributed by atoms with Crippen LogP contribution >= 0.6 is 0 Å². The second kappa shape index (κ2) is 4.93. The molecule has 0 saturated heterocycles. The maximum Gasteiger partial charge on any atom is 0.180 e. The van der Waals surface area contributed by atoms with E-state index in [1.165, 1.54) is 0 Å². The van der Waals surface area contributed by atoms with Gasteiger partial charge in [-0.2, -0.15) is 5.26 Å². The van der Waals surface area contributed by atoms with E-state index in [4.69, 9.17) is 9.47 Å². The normalized spacial score (nSPS) is 23.9. The average molecular weight is 213 g/mol. The van der Waals surface area contributed by atoms with Gasteiger partial charge in [0.05, 0.1) is 18.8 Å². The summed E-state index contributed by atoms with van der Waals surface area (Å²) in [5, 5.41) is 18.6. The Morgan fingerprint density at radius 3 is 2.47 bits per heavy atom. The molecule has 0 spiro atoms. The standard InChI is InChI=1S/C11H19NO3/c1-8(13)9(2)15-11(6-12,7-14-3)10-4-5-10/h8-10,13H,4-5,7H2,1-3H3. The Balaban J connectivity index is 2.67. The smallest absolute Gasteiger partial charge is 0.180 e. The molecule has 1 N–H and O–H groups in total. The summed E-state index contributed by atoms with van der Waals surface area (Å²) in [5.74, 6) is 0.253. The Morgan fingerprint density at radius 2 is 2.13 bits per heavy atom. The van der Waals surface area contributed by atoms with E-state index in [1.807, 2.05) is 0 Å². The molecular weight excluding hydrogens is 194 g/mol. The molecular formula is C11H19NO3. The van der Waals surface area contributed by atoms with Crippen molar-refractivity contribution in [1.29, 1.82) is 5.26 Å². The van der Waals surface area contributed by atoms with Crippen LogP contribution in [-0.4, -0.2) is 36.6 Å². The minimum Gasteiger partial charge on any atom is -0.391 e. The maximum atomic E-state index is 9.37. The van der Waals surface area contributed by atoms with Gasteiger partial charge in [0.2, 0.25) is 0 Å². The van der Waals surface area contributed by atoms with Crippen LogP contribution in [0.2, 0.25) is 0 Å². The summed E-state index contributed by atoms with van der Waals surface area (Å²) >= 11 is 0. The number of aliphatic hydroxyl groups is 1. The first-order chi connectivity index (χ1) is 7.05. The molecule has 1 rings (SSSR count). The summed E-state index contributed by atoms with van der Waals surface area (Å²) in [6.45, 7) is 3.70. The van der Waals surface area contributed by atoms with Gasteiger partial charge in [-0.15, -0.1) is 0 Å². The molecule has 0 aromatic rings. The zero-order valence-corrected chi connectivity index (χ0v) is 9.56. The van der Waals surface area contributed by atoms with Gasteiger partial charge in [-0.25, -0.2) is 0 Å². The summed E-state index contributed by atoms with van der Waals surface area (Å²) in [4.78, 5) is 0. The third kappa shape index (κ3) is 2.91. The van der Waals surface area contributed by atoms with E-state index in [0.29, 0.717) is 0 Å². The predicted octanol–water partition coefficient (Wildman–Crippen LogP) is 1.09. The zero-order valence-electron chi connectivity index (χ0n) is 9.56. The van der Waals surface area contributed by atoms with Gasteiger partial charge >= 0.3 is 0 Å². The van der Waals surface area contributed by atoms with Gasteiger partial charge in [-0.3, -0.25) is 0 Å². The Kier molecular flexibility index (Phi) is 4.09. The van der Waals surface area contributed by atoms with Crippen LogP contribution in [0.4, 0.5) is 0 Å². The van der Waals surface area contributed by atoms with Crippen LogP contribution < -0.4 is 0 Å². The Hall–Kier alpha value is -0.630. The van der Waals surface area contributed by atoms with Gasteiger partial charge in [0.15, 0.2) is 5.60 Å². The topological polar surface area (TPSA) is 62.5 Å². The first-order valence-corrected chi connectivity index (χ1v) is 5.32. The Morgan fingerprint density at radius 1 is 1.53 bits per heavy atom. The molecule has 1 fully saturated rings. The van der Waals surface area contributed by atoms with Crippen LogP contribution in [0.3, 0.4) is 0 Å². The van der Waals surface area contributed by atoms with Gasteiger partial charge in [0.1, 0.15) is 6.07 Å². The van der Waals surface area contributed by atoms with Crippen LogP contribution in [0.15, 0.2) is 0 Å². The number of methoxy groups -OCH3 is 1. The van der Waals surface area contributed by atoms with Crippen LogP contribution in [0.25, 0.3) is 0 Å². The quantitative estimate of drug-likeness (QED) is 0.717. The van der Waals surface area contributed by atoms with Crippen LogP contribution in [0.5, 0.6) is 0 Å². The fraction of sp³-hybridized carbons (Fsp3) is 0.909. The predicted molar refractivity (Wildman–Crippen MR) is 55.2 cm³/mol. The molecule has 1 aliphatic carbocycles. The summed E-state index contributed by atoms with van der Waals surface area (Å²) in [7, 11) is 1.56. The van der Waals surface area contributed by atoms with Crippen molar-refractivity contribution in [3.63, 3.8) is 0 Å². The third-order valence-electron chi connectivity index (χ3n) is 2.86. The van der Waals surface area contributed by atoms with Crippen molar-refractivity contribution in [2.24, 2.45) is 5.92 Å². The monoisotopic (exact) mass is 213 g/mol. The fourth-order valence-electron chi connectivity index (χ4n) is 1.59. The highest BCUT2D eigenvalue weighted by atomic mass is 16.6. The molecule has 3 atom stereocenters. The van der Waals surface area contributed by atoms with Crippen molar-refractivity contribution in [2.45, 2.75) is 44.5 Å². The molecule has 1 aliphatic rings. The summed E-state index contributed by atoms with van der Waals surface area (Å²) in [6.07, 6.45) is 1.08. The highest BCUT2D eigenvalue weighted by molar-refractivity contribution is 5.11. The average Bonchev–Trinajstić information content (AvgIpc) is 3.00. The first-order valence-electron chi connectivity index (χ1n) is 5.32. The van der Waals surface area contributed by atoms with Crippen molar-refractivity contribution in [3.8, 4) is 6.07 Å². The maximum absolute atomic E-state index is 9.37. The number of ether oxygens (including phenoxy) is 2. The molecule has 15 heavy (non-hydrogen) atoms. The minimum absolute atomic E-state index is 0.253. The van der Waals surface area contributed by atoms with Crippen molar-refractivity contribution in [1.82, 2.24) is 0 Å². The zero-order chi connectivity index (χ0) is 11.5. The van der Waals surface area contributed by atoms with Crippen LogP contribution in [0, 0.1) is 17.2 Å². The van der Waals surface area contributed by atoms with E-state index in [2.05, 4.69) is 6.07 Å². The summed E-state index contributed by atoms with van der Waals surface area (Å²) < 4.78 is 10.7. The summed E-state index contributed by atoms with van der Waals surface area (Å²) in [5.41, 5.74) is -0.870. The molecule has 0 aliphatic heterocycles. The lowest BCUT2D eigenvalue weighted by Crippen LogP contribution is -2.43. The molecule has 0 amide bonds. The lowest BCUT2D eigenvalue weighted by atomic mass is 10.00. The molecule has 0 radical (unpaired) electrons. The van der Waals surface area contributed by atoms with E-state index >= 15 is 0 Å². The SMILES string of the molecule is COCC(C#N)(OC(C)C(C)O)C1CC1. The number of hydrogen-bond acceptors (Lipinski definition) is 4. The van der Waals surface area contributed by atoms with Crippen molar-refractivity contribution in [2.75, 3.05) is 13.7 Å². The second-order valence-electron chi connectivity index (χ2n) is 4.27. The van der Waals surface area contributed by atoms with Crippen molar-refractivity contribution >= 4 is 0 Å². The van der Waals surface area contributed by atoms with Gasteiger partial charge in [0.25, 0.3) is 0 Å². The van der Waals surface area contributed by atoms with Gasteiger partial charge in [-0.1, -0.05) is 0 Å². The number of hydrogen-bond donors (Lipinski definition) is 1. The lowest BCUT2D eigenvalue weighted by Gasteiger charge is -2.30. The first kappa shape index (κ1) is 12.4. The molecule has 0 aromatic heterocycles. The lowest BCUT2D eigenvalue weighted by molar-refractivity contribution is -0.129. The van der Waals surface area contributed by atoms with E-state index in [9.17, 15) is 10.4 Å². The van der Waals surface area contributed by atoms with Crippen molar-refractivity contribution in [3.05, 3.63) is 0 Å². The highest BCUT2D eigenvalue weighted by Gasteiger charge is 2.48. The number of nitriles is 1. The minimum atomic E-state index is -0.870. The van der Waals surface area contributed by atoms with Crippen LogP contribution in [0.1, 0.15) is 26.7 Å². The van der Waals surface area contributed by atoms with E-state index in [0.717, 1.165) is 12.8 Å². The molecule has 3 unspecified atom stereocenters. The highest BCUT2D eigenvalue weighted by Crippen LogP contribution is 2.42. The van der Waals surface area contributed by atoms with E-state index in [1.54, 1.807) is 21.0 Å². The van der Waals surface area contributed by atoms with E-state index in [-0.39, 0.29) is 18.6 Å². The second-order valence-corrected chi connectivity index (χ2v) is 4.27. The summed E-state index contributed by atoms with van der Waals surface area (Å²) in [6, 6.07) is 2.21. The van der Waals surface area contributed by atoms with Crippen LogP contribution in [-0.2, 0) is 9.47 Å². The van der Waals surface area contributed by atoms with Gasteiger partial charge in [0, 0.05) is 13.0 Å². The molecule has 0 aromatic carbocycles. The third-order valence-corrected chi connectivity index (χ3v) is 2.86. The van der Waals surface area contributed by atoms with E-state index < -0.39 is 11.7 Å². The molecule has 0 bridgehead atoms. The number of rotatable bonds is 6. The molecule has 4 heteroatoms. The largest absolute Gasteiger partial charge is 0.391 e. The Bertz CT molecular complexity index is 245. The molecule has 86 valence electrons. The van der Waals surface area contributed by atoms with Gasteiger partial charge < -0.3 is 14.6 Å². The number of nitrogens with zero attached hydrogens (tertiary/aromatic N) is 1. The van der Waals surface area contributed by atoms with Gasteiger partial charge in [-0.05, 0) is 26.7 Å². The molecule has 1 saturated carbocycles. The Labute approximate surface area is 90.8 Å². The van der Waals surface area contributed by atoms with Crippen molar-refractivity contribution < 1.29 is 14.6 Å². The number of aliphatic hydroxyl groups excluding tert-OH is 1. The molecule has 4 nitrogen and oxygen atoms in total.